The molecule has 0 spiro atoms. The molecule has 0 radical (unpaired) electrons. The van der Waals surface area contributed by atoms with Crippen molar-refractivity contribution in [2.75, 3.05) is 17.3 Å². The highest BCUT2D eigenvalue weighted by Crippen LogP contribution is 2.31. The third kappa shape index (κ3) is 4.64. The van der Waals surface area contributed by atoms with Crippen LogP contribution in [0.2, 0.25) is 0 Å². The summed E-state index contributed by atoms with van der Waals surface area (Å²) in [4.78, 5) is 27.7. The first-order valence-electron chi connectivity index (χ1n) is 9.96. The van der Waals surface area contributed by atoms with Crippen molar-refractivity contribution >= 4 is 39.3 Å². The van der Waals surface area contributed by atoms with E-state index < -0.39 is 27.9 Å². The molecule has 1 aliphatic heterocycles. The summed E-state index contributed by atoms with van der Waals surface area (Å²) in [5.74, 6) is -0.380. The van der Waals surface area contributed by atoms with Gasteiger partial charge in [-0.1, -0.05) is 36.4 Å². The fraction of sp³-hybridized carbons (Fsp3) is 0.0833. The molecule has 168 valence electrons. The quantitative estimate of drug-likeness (QED) is 0.429. The second-order valence-corrected chi connectivity index (χ2v) is 8.90. The van der Waals surface area contributed by atoms with Gasteiger partial charge in [0.15, 0.2) is 0 Å². The Balaban J connectivity index is 1.76. The average Bonchev–Trinajstić information content (AvgIpc) is 3.03. The third-order valence-corrected chi connectivity index (χ3v) is 6.07. The molecule has 1 saturated heterocycles. The van der Waals surface area contributed by atoms with Gasteiger partial charge in [0.2, 0.25) is 10.0 Å². The van der Waals surface area contributed by atoms with E-state index in [0.717, 1.165) is 10.5 Å². The lowest BCUT2D eigenvalue weighted by molar-refractivity contribution is -0.121. The number of amides is 2. The van der Waals surface area contributed by atoms with Crippen LogP contribution in [0.25, 0.3) is 6.08 Å². The Morgan fingerprint density at radius 3 is 2.30 bits per heavy atom. The van der Waals surface area contributed by atoms with Crippen molar-refractivity contribution in [2.45, 2.75) is 10.9 Å². The van der Waals surface area contributed by atoms with Crippen molar-refractivity contribution in [1.82, 2.24) is 0 Å². The molecular weight excluding hydrogens is 442 g/mol. The van der Waals surface area contributed by atoms with Crippen LogP contribution in [0.5, 0.6) is 5.75 Å². The number of nitrogens with one attached hydrogen (secondary N) is 1. The van der Waals surface area contributed by atoms with Crippen molar-refractivity contribution < 1.29 is 22.7 Å². The van der Waals surface area contributed by atoms with Crippen molar-refractivity contribution in [2.24, 2.45) is 5.14 Å². The van der Waals surface area contributed by atoms with E-state index in [0.29, 0.717) is 17.1 Å². The van der Waals surface area contributed by atoms with Gasteiger partial charge >= 0.3 is 0 Å². The van der Waals surface area contributed by atoms with E-state index in [4.69, 9.17) is 9.88 Å². The number of hydrogen-bond donors (Lipinski definition) is 2. The Kier molecular flexibility index (Phi) is 5.99. The number of hydrogen-bond acceptors (Lipinski definition) is 6. The molecule has 1 aliphatic rings. The molecule has 1 unspecified atom stereocenters. The number of nitrogens with zero attached hydrogens (tertiary/aromatic N) is 1. The van der Waals surface area contributed by atoms with Gasteiger partial charge in [-0.2, -0.15) is 0 Å². The molecule has 3 N–H and O–H groups in total. The first-order chi connectivity index (χ1) is 15.8. The summed E-state index contributed by atoms with van der Waals surface area (Å²) in [6.07, 6.45) is 1.64. The fourth-order valence-electron chi connectivity index (χ4n) is 3.53. The van der Waals surface area contributed by atoms with Crippen LogP contribution in [0.4, 0.5) is 11.4 Å². The highest BCUT2D eigenvalue weighted by Gasteiger charge is 2.44. The van der Waals surface area contributed by atoms with Crippen LogP contribution >= 0.6 is 0 Å². The topological polar surface area (TPSA) is 119 Å². The smallest absolute Gasteiger partial charge is 0.263 e. The standard InChI is InChI=1S/C24H21N3O5S/c1-32-19-12-10-18(11-13-19)27-23(28)21(14-16-6-3-2-4-7-16)22(24(27)29)26-17-8-5-9-20(15-17)33(25,30)31/h2-15,22,26H,1H3,(H2,25,30,31)/b21-14+. The largest absolute Gasteiger partial charge is 0.497 e. The molecular formula is C24H21N3O5S. The molecule has 1 fully saturated rings. The monoisotopic (exact) mass is 463 g/mol. The predicted molar refractivity (Wildman–Crippen MR) is 125 cm³/mol. The molecule has 33 heavy (non-hydrogen) atoms. The Morgan fingerprint density at radius 1 is 0.970 bits per heavy atom. The number of rotatable bonds is 6. The van der Waals surface area contributed by atoms with Crippen LogP contribution in [-0.4, -0.2) is 33.4 Å². The summed E-state index contributed by atoms with van der Waals surface area (Å²) >= 11 is 0. The number of methoxy groups -OCH3 is 1. The number of carbonyl (C=O) groups is 2. The van der Waals surface area contributed by atoms with Crippen LogP contribution in [0.3, 0.4) is 0 Å². The zero-order chi connectivity index (χ0) is 23.6. The zero-order valence-electron chi connectivity index (χ0n) is 17.6. The molecule has 9 heteroatoms. The van der Waals surface area contributed by atoms with Gasteiger partial charge in [0.05, 0.1) is 23.3 Å². The van der Waals surface area contributed by atoms with Crippen LogP contribution < -0.4 is 20.1 Å². The second kappa shape index (κ2) is 8.89. The highest BCUT2D eigenvalue weighted by molar-refractivity contribution is 7.89. The van der Waals surface area contributed by atoms with Crippen molar-refractivity contribution in [3.05, 3.63) is 90.0 Å². The Bertz CT molecular complexity index is 1340. The summed E-state index contributed by atoms with van der Waals surface area (Å²) in [6, 6.07) is 20.5. The van der Waals surface area contributed by atoms with Gasteiger partial charge in [0.25, 0.3) is 11.8 Å². The van der Waals surface area contributed by atoms with E-state index in [1.165, 1.54) is 25.3 Å². The zero-order valence-corrected chi connectivity index (χ0v) is 18.5. The molecule has 0 aliphatic carbocycles. The third-order valence-electron chi connectivity index (χ3n) is 5.15. The maximum Gasteiger partial charge on any atom is 0.263 e. The lowest BCUT2D eigenvalue weighted by atomic mass is 10.1. The lowest BCUT2D eigenvalue weighted by Crippen LogP contribution is -2.34. The molecule has 2 amide bonds. The summed E-state index contributed by atoms with van der Waals surface area (Å²) in [5.41, 5.74) is 1.70. The number of benzene rings is 3. The first-order valence-corrected chi connectivity index (χ1v) is 11.5. The fourth-order valence-corrected chi connectivity index (χ4v) is 4.09. The molecule has 3 aromatic carbocycles. The van der Waals surface area contributed by atoms with Gasteiger partial charge in [-0.25, -0.2) is 18.5 Å². The van der Waals surface area contributed by atoms with E-state index in [9.17, 15) is 18.0 Å². The van der Waals surface area contributed by atoms with E-state index in [-0.39, 0.29) is 10.5 Å². The van der Waals surface area contributed by atoms with Gasteiger partial charge in [-0.05, 0) is 54.1 Å². The van der Waals surface area contributed by atoms with Crippen molar-refractivity contribution in [1.29, 1.82) is 0 Å². The van der Waals surface area contributed by atoms with Gasteiger partial charge in [0, 0.05) is 5.69 Å². The van der Waals surface area contributed by atoms with Gasteiger partial charge < -0.3 is 10.1 Å². The minimum atomic E-state index is -3.93. The molecule has 1 heterocycles. The SMILES string of the molecule is COc1ccc(N2C(=O)/C(=C/c3ccccc3)C(Nc3cccc(S(N)(=O)=O)c3)C2=O)cc1. The average molecular weight is 464 g/mol. The predicted octanol–water partition coefficient (Wildman–Crippen LogP) is 2.78. The molecule has 0 saturated carbocycles. The number of anilines is 2. The first kappa shape index (κ1) is 22.3. The van der Waals surface area contributed by atoms with Crippen molar-refractivity contribution in [3.8, 4) is 5.75 Å². The van der Waals surface area contributed by atoms with Gasteiger partial charge in [-0.3, -0.25) is 9.59 Å². The van der Waals surface area contributed by atoms with E-state index >= 15 is 0 Å². The maximum atomic E-state index is 13.4. The number of carbonyl (C=O) groups excluding carboxylic acids is 2. The number of ether oxygens (including phenoxy) is 1. The van der Waals surface area contributed by atoms with Crippen LogP contribution in [0.1, 0.15) is 5.56 Å². The number of imide groups is 1. The van der Waals surface area contributed by atoms with E-state index in [1.54, 1.807) is 36.4 Å². The van der Waals surface area contributed by atoms with E-state index in [2.05, 4.69) is 5.32 Å². The summed E-state index contributed by atoms with van der Waals surface area (Å²) in [5, 5.41) is 8.23. The minimum Gasteiger partial charge on any atom is -0.497 e. The maximum absolute atomic E-state index is 13.4. The number of nitrogens with two attached hydrogens (primary N) is 1. The summed E-state index contributed by atoms with van der Waals surface area (Å²) < 4.78 is 28.6. The minimum absolute atomic E-state index is 0.107. The highest BCUT2D eigenvalue weighted by atomic mass is 32.2. The van der Waals surface area contributed by atoms with Crippen LogP contribution in [0, 0.1) is 0 Å². The normalized spacial score (nSPS) is 17.5. The van der Waals surface area contributed by atoms with E-state index in [1.807, 2.05) is 30.3 Å². The Hall–Kier alpha value is -3.95. The molecule has 0 bridgehead atoms. The molecule has 3 aromatic rings. The van der Waals surface area contributed by atoms with Crippen molar-refractivity contribution in [3.63, 3.8) is 0 Å². The Labute approximate surface area is 191 Å². The molecule has 4 rings (SSSR count). The van der Waals surface area contributed by atoms with Gasteiger partial charge in [0.1, 0.15) is 11.8 Å². The summed E-state index contributed by atoms with van der Waals surface area (Å²) in [6.45, 7) is 0. The molecule has 0 aromatic heterocycles. The lowest BCUT2D eigenvalue weighted by Gasteiger charge is -2.16. The van der Waals surface area contributed by atoms with Crippen LogP contribution in [-0.2, 0) is 19.6 Å². The molecule has 1 atom stereocenters. The number of primary sulfonamides is 1. The number of sulfonamides is 1. The summed E-state index contributed by atoms with van der Waals surface area (Å²) in [7, 11) is -2.41. The Morgan fingerprint density at radius 2 is 1.67 bits per heavy atom. The van der Waals surface area contributed by atoms with Gasteiger partial charge in [-0.15, -0.1) is 0 Å². The second-order valence-electron chi connectivity index (χ2n) is 7.34. The van der Waals surface area contributed by atoms with Crippen LogP contribution in [0.15, 0.2) is 89.3 Å². The molecule has 8 nitrogen and oxygen atoms in total.